The molecule has 0 bridgehead atoms. The summed E-state index contributed by atoms with van der Waals surface area (Å²) in [5, 5.41) is 8.89. The van der Waals surface area contributed by atoms with Gasteiger partial charge in [0.1, 0.15) is 11.5 Å². The number of rotatable bonds is 5. The smallest absolute Gasteiger partial charge is 0.250 e. The quantitative estimate of drug-likeness (QED) is 0.284. The van der Waals surface area contributed by atoms with E-state index in [1.807, 2.05) is 42.5 Å². The number of carbonyl (C=O) groups excluding carboxylic acids is 2. The summed E-state index contributed by atoms with van der Waals surface area (Å²) in [6, 6.07) is 18.8. The molecule has 9 heteroatoms. The highest BCUT2D eigenvalue weighted by molar-refractivity contribution is 7.80. The first-order valence-electron chi connectivity index (χ1n) is 9.60. The lowest BCUT2D eigenvalue weighted by molar-refractivity contribution is -0.115. The molecule has 2 aromatic heterocycles. The van der Waals surface area contributed by atoms with Crippen LogP contribution < -0.4 is 16.0 Å². The van der Waals surface area contributed by atoms with Crippen LogP contribution in [0.5, 0.6) is 0 Å². The molecule has 32 heavy (non-hydrogen) atoms. The van der Waals surface area contributed by atoms with Gasteiger partial charge in [0.05, 0.1) is 10.2 Å². The van der Waals surface area contributed by atoms with Crippen molar-refractivity contribution < 1.29 is 14.0 Å². The summed E-state index contributed by atoms with van der Waals surface area (Å²) in [5.41, 5.74) is 2.41. The maximum Gasteiger partial charge on any atom is 0.250 e. The lowest BCUT2D eigenvalue weighted by atomic mass is 10.2. The maximum absolute atomic E-state index is 12.2. The maximum atomic E-state index is 12.2. The fourth-order valence-electron chi connectivity index (χ4n) is 2.90. The fraction of sp³-hybridized carbons (Fsp3) is 0.0435. The number of nitrogens with one attached hydrogen (secondary N) is 3. The van der Waals surface area contributed by atoms with Crippen LogP contribution in [0.1, 0.15) is 12.7 Å². The molecule has 4 rings (SSSR count). The highest BCUT2D eigenvalue weighted by Gasteiger charge is 2.09. The Labute approximate surface area is 193 Å². The summed E-state index contributed by atoms with van der Waals surface area (Å²) in [7, 11) is 0. The van der Waals surface area contributed by atoms with E-state index in [-0.39, 0.29) is 11.0 Å². The Morgan fingerprint density at radius 2 is 1.88 bits per heavy atom. The van der Waals surface area contributed by atoms with E-state index in [1.165, 1.54) is 24.3 Å². The van der Waals surface area contributed by atoms with Crippen molar-refractivity contribution in [2.45, 2.75) is 6.92 Å². The average molecular weight is 463 g/mol. The van der Waals surface area contributed by atoms with Crippen LogP contribution in [0, 0.1) is 0 Å². The summed E-state index contributed by atoms with van der Waals surface area (Å²) in [4.78, 5) is 27.8. The van der Waals surface area contributed by atoms with Crippen molar-refractivity contribution in [2.75, 3.05) is 10.6 Å². The number of hydrogen-bond acceptors (Lipinski definition) is 6. The summed E-state index contributed by atoms with van der Waals surface area (Å²) >= 11 is 6.57. The van der Waals surface area contributed by atoms with Crippen LogP contribution in [0.2, 0.25) is 0 Å². The van der Waals surface area contributed by atoms with E-state index in [2.05, 4.69) is 20.9 Å². The molecule has 160 valence electrons. The van der Waals surface area contributed by atoms with Gasteiger partial charge >= 0.3 is 0 Å². The molecule has 0 atom stereocenters. The number of carbonyl (C=O) groups is 2. The first-order chi connectivity index (χ1) is 15.5. The van der Waals surface area contributed by atoms with Gasteiger partial charge in [-0.15, -0.1) is 0 Å². The number of furan rings is 1. The third-order valence-electron chi connectivity index (χ3n) is 4.25. The van der Waals surface area contributed by atoms with Crippen molar-refractivity contribution >= 4 is 67.6 Å². The Morgan fingerprint density at radius 1 is 1.06 bits per heavy atom. The van der Waals surface area contributed by atoms with Crippen LogP contribution >= 0.6 is 23.6 Å². The standard InChI is InChI=1S/C23H18N4O3S2/c1-14(28)24-16-7-10-18-20(13-16)32-23(25-18)27-22(31)26-21(29)12-9-17-8-11-19(30-17)15-5-3-2-4-6-15/h2-13H,1H3,(H,24,28)(H2,25,26,27,29,31)/b12-9+. The van der Waals surface area contributed by atoms with E-state index in [4.69, 9.17) is 16.6 Å². The van der Waals surface area contributed by atoms with Gasteiger partial charge in [0.15, 0.2) is 10.2 Å². The van der Waals surface area contributed by atoms with E-state index in [0.717, 1.165) is 21.5 Å². The second-order valence-electron chi connectivity index (χ2n) is 6.73. The molecule has 3 N–H and O–H groups in total. The summed E-state index contributed by atoms with van der Waals surface area (Å²) < 4.78 is 6.61. The van der Waals surface area contributed by atoms with Crippen LogP contribution in [0.25, 0.3) is 27.6 Å². The molecule has 0 unspecified atom stereocenters. The molecule has 0 saturated carbocycles. The minimum absolute atomic E-state index is 0.130. The van der Waals surface area contributed by atoms with Crippen molar-refractivity contribution in [3.05, 3.63) is 72.5 Å². The van der Waals surface area contributed by atoms with Crippen molar-refractivity contribution in [3.8, 4) is 11.3 Å². The number of thiazole rings is 1. The fourth-order valence-corrected chi connectivity index (χ4v) is 4.07. The van der Waals surface area contributed by atoms with Gasteiger partial charge in [0.25, 0.3) is 0 Å². The minimum atomic E-state index is -0.394. The van der Waals surface area contributed by atoms with E-state index < -0.39 is 5.91 Å². The van der Waals surface area contributed by atoms with Gasteiger partial charge < -0.3 is 15.1 Å². The van der Waals surface area contributed by atoms with Gasteiger partial charge in [-0.25, -0.2) is 4.98 Å². The number of hydrogen-bond donors (Lipinski definition) is 3. The Hall–Kier alpha value is -3.82. The molecule has 0 aliphatic heterocycles. The zero-order valence-electron chi connectivity index (χ0n) is 16.9. The van der Waals surface area contributed by atoms with Crippen LogP contribution in [0.3, 0.4) is 0 Å². The van der Waals surface area contributed by atoms with Gasteiger partial charge in [-0.05, 0) is 48.6 Å². The summed E-state index contributed by atoms with van der Waals surface area (Å²) in [6.07, 6.45) is 2.92. The lowest BCUT2D eigenvalue weighted by Crippen LogP contribution is -2.32. The van der Waals surface area contributed by atoms with Gasteiger partial charge in [0.2, 0.25) is 11.8 Å². The van der Waals surface area contributed by atoms with Crippen molar-refractivity contribution in [1.29, 1.82) is 0 Å². The topological polar surface area (TPSA) is 96.3 Å². The average Bonchev–Trinajstić information content (AvgIpc) is 3.38. The lowest BCUT2D eigenvalue weighted by Gasteiger charge is -2.04. The molecule has 0 fully saturated rings. The second-order valence-corrected chi connectivity index (χ2v) is 8.17. The number of amides is 2. The molecular formula is C23H18N4O3S2. The van der Waals surface area contributed by atoms with Crippen LogP contribution in [0.4, 0.5) is 10.8 Å². The van der Waals surface area contributed by atoms with Gasteiger partial charge in [-0.2, -0.15) is 0 Å². The molecule has 2 amide bonds. The molecule has 0 aliphatic carbocycles. The summed E-state index contributed by atoms with van der Waals surface area (Å²) in [6.45, 7) is 1.45. The molecule has 0 spiro atoms. The predicted octanol–water partition coefficient (Wildman–Crippen LogP) is 5.04. The number of anilines is 2. The highest BCUT2D eigenvalue weighted by Crippen LogP contribution is 2.28. The molecule has 0 aliphatic rings. The van der Waals surface area contributed by atoms with Crippen molar-refractivity contribution in [3.63, 3.8) is 0 Å². The number of benzene rings is 2. The zero-order valence-corrected chi connectivity index (χ0v) is 18.5. The monoisotopic (exact) mass is 462 g/mol. The molecule has 7 nitrogen and oxygen atoms in total. The Morgan fingerprint density at radius 3 is 2.66 bits per heavy atom. The largest absolute Gasteiger partial charge is 0.457 e. The molecule has 4 aromatic rings. The van der Waals surface area contributed by atoms with E-state index >= 15 is 0 Å². The molecule has 2 aromatic carbocycles. The third kappa shape index (κ3) is 5.45. The number of thiocarbonyl (C=S) groups is 1. The normalized spacial score (nSPS) is 10.9. The number of nitrogens with zero attached hydrogens (tertiary/aromatic N) is 1. The van der Waals surface area contributed by atoms with Crippen LogP contribution in [-0.2, 0) is 9.59 Å². The van der Waals surface area contributed by atoms with Crippen LogP contribution in [0.15, 0.2) is 71.2 Å². The molecule has 0 radical (unpaired) electrons. The van der Waals surface area contributed by atoms with Gasteiger partial charge in [-0.1, -0.05) is 41.7 Å². The van der Waals surface area contributed by atoms with E-state index in [9.17, 15) is 9.59 Å². The Bertz CT molecular complexity index is 1330. The summed E-state index contributed by atoms with van der Waals surface area (Å²) in [5.74, 6) is 0.739. The van der Waals surface area contributed by atoms with Gasteiger partial charge in [0, 0.05) is 24.3 Å². The van der Waals surface area contributed by atoms with Crippen molar-refractivity contribution in [1.82, 2.24) is 10.3 Å². The first-order valence-corrected chi connectivity index (χ1v) is 10.8. The van der Waals surface area contributed by atoms with E-state index in [1.54, 1.807) is 24.3 Å². The number of aromatic nitrogens is 1. The third-order valence-corrected chi connectivity index (χ3v) is 5.39. The van der Waals surface area contributed by atoms with Crippen LogP contribution in [-0.4, -0.2) is 21.9 Å². The van der Waals surface area contributed by atoms with Gasteiger partial charge in [-0.3, -0.25) is 14.9 Å². The molecule has 0 saturated heterocycles. The van der Waals surface area contributed by atoms with E-state index in [0.29, 0.717) is 16.6 Å². The minimum Gasteiger partial charge on any atom is -0.457 e. The zero-order chi connectivity index (χ0) is 22.5. The number of fused-ring (bicyclic) bond motifs is 1. The highest BCUT2D eigenvalue weighted by atomic mass is 32.1. The molecule has 2 heterocycles. The van der Waals surface area contributed by atoms with Crippen molar-refractivity contribution in [2.24, 2.45) is 0 Å². The Balaban J connectivity index is 1.34. The second kappa shape index (κ2) is 9.54. The molecular weight excluding hydrogens is 444 g/mol. The first kappa shape index (κ1) is 21.4. The predicted molar refractivity (Wildman–Crippen MR) is 131 cm³/mol. The SMILES string of the molecule is CC(=O)Nc1ccc2nc(NC(=S)NC(=O)/C=C/c3ccc(-c4ccccc4)o3)sc2c1. The Kier molecular flexibility index (Phi) is 6.39.